The molecule has 1 saturated heterocycles. The van der Waals surface area contributed by atoms with Gasteiger partial charge in [-0.1, -0.05) is 0 Å². The molecule has 1 heterocycles. The lowest BCUT2D eigenvalue weighted by Crippen LogP contribution is -2.51. The summed E-state index contributed by atoms with van der Waals surface area (Å²) in [6, 6.07) is 6.40. The number of carbonyl (C=O) groups is 1. The van der Waals surface area contributed by atoms with Crippen LogP contribution in [0.1, 0.15) is 17.3 Å². The molecule has 1 aliphatic heterocycles. The second-order valence-electron chi connectivity index (χ2n) is 4.90. The Labute approximate surface area is 125 Å². The van der Waals surface area contributed by atoms with E-state index in [4.69, 9.17) is 0 Å². The van der Waals surface area contributed by atoms with Gasteiger partial charge < -0.3 is 10.2 Å². The first-order valence-corrected chi connectivity index (χ1v) is 8.10. The van der Waals surface area contributed by atoms with Crippen LogP contribution in [0.5, 0.6) is 0 Å². The molecule has 1 aromatic carbocycles. The molecule has 112 valence electrons. The number of hydrogen-bond donors (Lipinski definition) is 1. The standard InChI is InChI=1S/C13H18N2O3S.ClH/c1-10-9-15(8-7-14-10)13(16)11-3-5-12(6-4-11)19(2,17)18;/h3-6,10,14H,7-9H2,1-2H3;1H. The van der Waals surface area contributed by atoms with E-state index in [1.807, 2.05) is 6.92 Å². The number of carbonyl (C=O) groups excluding carboxylic acids is 1. The molecule has 1 unspecified atom stereocenters. The molecule has 1 atom stereocenters. The summed E-state index contributed by atoms with van der Waals surface area (Å²) in [4.78, 5) is 14.3. The van der Waals surface area contributed by atoms with Crippen molar-refractivity contribution in [2.24, 2.45) is 0 Å². The number of sulfone groups is 1. The van der Waals surface area contributed by atoms with Crippen LogP contribution < -0.4 is 5.32 Å². The molecule has 1 aliphatic rings. The Kier molecular flexibility index (Phi) is 5.56. The predicted molar refractivity (Wildman–Crippen MR) is 80.2 cm³/mol. The van der Waals surface area contributed by atoms with Gasteiger partial charge in [0.2, 0.25) is 0 Å². The van der Waals surface area contributed by atoms with Crippen molar-refractivity contribution in [1.82, 2.24) is 10.2 Å². The first-order chi connectivity index (χ1) is 8.88. The lowest BCUT2D eigenvalue weighted by Gasteiger charge is -2.32. The molecular weight excluding hydrogens is 300 g/mol. The van der Waals surface area contributed by atoms with Crippen LogP contribution in [-0.4, -0.2) is 51.2 Å². The van der Waals surface area contributed by atoms with E-state index in [-0.39, 0.29) is 29.3 Å². The Morgan fingerprint density at radius 2 is 1.90 bits per heavy atom. The van der Waals surface area contributed by atoms with Crippen LogP contribution in [0.25, 0.3) is 0 Å². The fourth-order valence-corrected chi connectivity index (χ4v) is 2.77. The molecule has 2 rings (SSSR count). The highest BCUT2D eigenvalue weighted by Crippen LogP contribution is 2.13. The van der Waals surface area contributed by atoms with Crippen molar-refractivity contribution in [3.63, 3.8) is 0 Å². The van der Waals surface area contributed by atoms with Crippen molar-refractivity contribution in [3.8, 4) is 0 Å². The van der Waals surface area contributed by atoms with E-state index < -0.39 is 9.84 Å². The summed E-state index contributed by atoms with van der Waals surface area (Å²) in [5, 5.41) is 3.27. The second kappa shape index (κ2) is 6.56. The molecule has 0 radical (unpaired) electrons. The van der Waals surface area contributed by atoms with E-state index in [2.05, 4.69) is 5.32 Å². The van der Waals surface area contributed by atoms with Crippen LogP contribution >= 0.6 is 12.4 Å². The van der Waals surface area contributed by atoms with Crippen molar-refractivity contribution in [2.75, 3.05) is 25.9 Å². The van der Waals surface area contributed by atoms with Gasteiger partial charge in [0.25, 0.3) is 5.91 Å². The molecule has 0 saturated carbocycles. The average molecular weight is 319 g/mol. The van der Waals surface area contributed by atoms with Gasteiger partial charge in [0.1, 0.15) is 0 Å². The van der Waals surface area contributed by atoms with Crippen molar-refractivity contribution in [3.05, 3.63) is 29.8 Å². The maximum Gasteiger partial charge on any atom is 0.253 e. The third-order valence-electron chi connectivity index (χ3n) is 3.19. The molecule has 1 aromatic rings. The van der Waals surface area contributed by atoms with Crippen LogP contribution in [0.15, 0.2) is 29.2 Å². The summed E-state index contributed by atoms with van der Waals surface area (Å²) in [5.74, 6) is -0.0478. The van der Waals surface area contributed by atoms with Gasteiger partial charge in [-0.05, 0) is 31.2 Å². The van der Waals surface area contributed by atoms with Crippen LogP contribution in [0.4, 0.5) is 0 Å². The highest BCUT2D eigenvalue weighted by molar-refractivity contribution is 7.90. The van der Waals surface area contributed by atoms with Crippen LogP contribution in [0.3, 0.4) is 0 Å². The van der Waals surface area contributed by atoms with Crippen molar-refractivity contribution in [2.45, 2.75) is 17.9 Å². The highest BCUT2D eigenvalue weighted by Gasteiger charge is 2.21. The molecule has 20 heavy (non-hydrogen) atoms. The Hall–Kier alpha value is -1.11. The zero-order valence-electron chi connectivity index (χ0n) is 11.5. The highest BCUT2D eigenvalue weighted by atomic mass is 35.5. The molecule has 0 aliphatic carbocycles. The largest absolute Gasteiger partial charge is 0.336 e. The fraction of sp³-hybridized carbons (Fsp3) is 0.462. The topological polar surface area (TPSA) is 66.5 Å². The number of halogens is 1. The number of benzene rings is 1. The van der Waals surface area contributed by atoms with Crippen molar-refractivity contribution < 1.29 is 13.2 Å². The summed E-state index contributed by atoms with van der Waals surface area (Å²) in [6.45, 7) is 4.17. The average Bonchev–Trinajstić information content (AvgIpc) is 2.37. The summed E-state index contributed by atoms with van der Waals surface area (Å²) in [5.41, 5.74) is 0.529. The minimum atomic E-state index is -3.21. The quantitative estimate of drug-likeness (QED) is 0.881. The zero-order chi connectivity index (χ0) is 14.0. The van der Waals surface area contributed by atoms with Gasteiger partial charge >= 0.3 is 0 Å². The van der Waals surface area contributed by atoms with Gasteiger partial charge in [-0.3, -0.25) is 4.79 Å². The molecule has 1 amide bonds. The normalized spacial score (nSPS) is 19.3. The van der Waals surface area contributed by atoms with Crippen LogP contribution in [0, 0.1) is 0 Å². The Morgan fingerprint density at radius 3 is 2.40 bits per heavy atom. The molecule has 0 aromatic heterocycles. The lowest BCUT2D eigenvalue weighted by molar-refractivity contribution is 0.0709. The van der Waals surface area contributed by atoms with Gasteiger partial charge in [-0.2, -0.15) is 0 Å². The molecule has 1 fully saturated rings. The number of piperazine rings is 1. The monoisotopic (exact) mass is 318 g/mol. The minimum Gasteiger partial charge on any atom is -0.336 e. The summed E-state index contributed by atoms with van der Waals surface area (Å²) in [6.07, 6.45) is 1.15. The Balaban J connectivity index is 0.00000200. The smallest absolute Gasteiger partial charge is 0.253 e. The van der Waals surface area contributed by atoms with Gasteiger partial charge in [0, 0.05) is 37.5 Å². The van der Waals surface area contributed by atoms with Gasteiger partial charge in [0.15, 0.2) is 9.84 Å². The van der Waals surface area contributed by atoms with E-state index in [1.165, 1.54) is 12.1 Å². The second-order valence-corrected chi connectivity index (χ2v) is 6.92. The predicted octanol–water partition coefficient (Wildman–Crippen LogP) is 0.946. The van der Waals surface area contributed by atoms with E-state index in [0.717, 1.165) is 12.8 Å². The number of amides is 1. The molecule has 1 N–H and O–H groups in total. The molecule has 0 spiro atoms. The summed E-state index contributed by atoms with van der Waals surface area (Å²) < 4.78 is 22.7. The van der Waals surface area contributed by atoms with Crippen molar-refractivity contribution >= 4 is 28.2 Å². The van der Waals surface area contributed by atoms with E-state index in [9.17, 15) is 13.2 Å². The third-order valence-corrected chi connectivity index (χ3v) is 4.31. The fourth-order valence-electron chi connectivity index (χ4n) is 2.14. The maximum atomic E-state index is 12.3. The summed E-state index contributed by atoms with van der Waals surface area (Å²) in [7, 11) is -3.21. The zero-order valence-corrected chi connectivity index (χ0v) is 13.1. The Morgan fingerprint density at radius 1 is 1.30 bits per heavy atom. The first-order valence-electron chi connectivity index (χ1n) is 6.21. The van der Waals surface area contributed by atoms with E-state index in [1.54, 1.807) is 17.0 Å². The number of hydrogen-bond acceptors (Lipinski definition) is 4. The molecular formula is C13H19ClN2O3S. The van der Waals surface area contributed by atoms with E-state index in [0.29, 0.717) is 18.7 Å². The number of rotatable bonds is 2. The molecule has 7 heteroatoms. The van der Waals surface area contributed by atoms with E-state index >= 15 is 0 Å². The first kappa shape index (κ1) is 16.9. The third kappa shape index (κ3) is 3.94. The number of nitrogens with zero attached hydrogens (tertiary/aromatic N) is 1. The lowest BCUT2D eigenvalue weighted by atomic mass is 10.1. The van der Waals surface area contributed by atoms with Gasteiger partial charge in [0.05, 0.1) is 4.90 Å². The van der Waals surface area contributed by atoms with Crippen LogP contribution in [0.2, 0.25) is 0 Å². The van der Waals surface area contributed by atoms with Crippen molar-refractivity contribution in [1.29, 1.82) is 0 Å². The SMILES string of the molecule is CC1CN(C(=O)c2ccc(S(C)(=O)=O)cc2)CCN1.Cl. The Bertz CT molecular complexity index is 572. The van der Waals surface area contributed by atoms with Crippen LogP contribution in [-0.2, 0) is 9.84 Å². The van der Waals surface area contributed by atoms with Gasteiger partial charge in [-0.25, -0.2) is 8.42 Å². The number of nitrogens with one attached hydrogen (secondary N) is 1. The summed E-state index contributed by atoms with van der Waals surface area (Å²) >= 11 is 0. The van der Waals surface area contributed by atoms with Gasteiger partial charge in [-0.15, -0.1) is 12.4 Å². The molecule has 0 bridgehead atoms. The minimum absolute atomic E-state index is 0. The maximum absolute atomic E-state index is 12.3. The molecule has 5 nitrogen and oxygen atoms in total.